The maximum absolute atomic E-state index is 12.3. The first-order chi connectivity index (χ1) is 11.5. The zero-order chi connectivity index (χ0) is 17.5. The third-order valence-electron chi connectivity index (χ3n) is 4.27. The van der Waals surface area contributed by atoms with Crippen molar-refractivity contribution in [3.05, 3.63) is 30.1 Å². The van der Waals surface area contributed by atoms with E-state index in [9.17, 15) is 14.4 Å². The summed E-state index contributed by atoms with van der Waals surface area (Å²) < 4.78 is 4.74. The van der Waals surface area contributed by atoms with Crippen molar-refractivity contribution >= 4 is 17.7 Å². The van der Waals surface area contributed by atoms with Gasteiger partial charge in [-0.25, -0.2) is 4.79 Å². The number of Topliss-reactive ketones (excluding diaryl/α,β-unsaturated/α-hetero) is 1. The highest BCUT2D eigenvalue weighted by Gasteiger charge is 2.32. The number of hydrogen-bond acceptors (Lipinski definition) is 6. The van der Waals surface area contributed by atoms with E-state index in [0.29, 0.717) is 12.8 Å². The van der Waals surface area contributed by atoms with Crippen LogP contribution in [0.4, 0.5) is 0 Å². The number of aromatic nitrogens is 1. The Kier molecular flexibility index (Phi) is 6.43. The Balaban J connectivity index is 1.95. The first-order valence-electron chi connectivity index (χ1n) is 8.06. The Morgan fingerprint density at radius 1 is 1.50 bits per heavy atom. The lowest BCUT2D eigenvalue weighted by atomic mass is 9.97. The van der Waals surface area contributed by atoms with Crippen LogP contribution in [-0.2, 0) is 25.5 Å². The average molecular weight is 333 g/mol. The third-order valence-corrected chi connectivity index (χ3v) is 4.27. The molecule has 1 aliphatic rings. The van der Waals surface area contributed by atoms with Crippen LogP contribution in [0.2, 0.25) is 0 Å². The standard InChI is InChI=1S/C17H23N3O4/c1-24-17(23)14(9-12-5-2-6-15(12)21)20-16(22)13(18)8-11-4-3-7-19-10-11/h3-4,7,10,12-14H,2,5-6,8-9,18H2,1H3,(H,20,22)/t12-,13-,14-/m0/s1. The Morgan fingerprint density at radius 3 is 2.88 bits per heavy atom. The van der Waals surface area contributed by atoms with E-state index < -0.39 is 24.0 Å². The van der Waals surface area contributed by atoms with Crippen LogP contribution in [0.15, 0.2) is 24.5 Å². The molecular formula is C17H23N3O4. The maximum atomic E-state index is 12.3. The van der Waals surface area contributed by atoms with Crippen LogP contribution in [-0.4, -0.2) is 41.8 Å². The number of amides is 1. The Morgan fingerprint density at radius 2 is 2.29 bits per heavy atom. The highest BCUT2D eigenvalue weighted by atomic mass is 16.5. The topological polar surface area (TPSA) is 111 Å². The summed E-state index contributed by atoms with van der Waals surface area (Å²) in [6, 6.07) is 1.94. The predicted molar refractivity (Wildman–Crippen MR) is 86.8 cm³/mol. The van der Waals surface area contributed by atoms with Gasteiger partial charge in [0, 0.05) is 24.7 Å². The summed E-state index contributed by atoms with van der Waals surface area (Å²) in [5.41, 5.74) is 6.75. The maximum Gasteiger partial charge on any atom is 0.328 e. The van der Waals surface area contributed by atoms with Crippen LogP contribution >= 0.6 is 0 Å². The molecule has 1 fully saturated rings. The number of nitrogens with one attached hydrogen (secondary N) is 1. The summed E-state index contributed by atoms with van der Waals surface area (Å²) in [5.74, 6) is -1.07. The van der Waals surface area contributed by atoms with Crippen LogP contribution in [0.25, 0.3) is 0 Å². The van der Waals surface area contributed by atoms with Crippen molar-refractivity contribution in [3.63, 3.8) is 0 Å². The van der Waals surface area contributed by atoms with Gasteiger partial charge in [-0.1, -0.05) is 6.07 Å². The molecule has 3 N–H and O–H groups in total. The number of esters is 1. The van der Waals surface area contributed by atoms with Gasteiger partial charge in [0.05, 0.1) is 13.2 Å². The Labute approximate surface area is 141 Å². The SMILES string of the molecule is COC(=O)[C@H](C[C@@H]1CCCC1=O)NC(=O)[C@@H](N)Cc1cccnc1. The van der Waals surface area contributed by atoms with Gasteiger partial charge in [0.1, 0.15) is 11.8 Å². The molecule has 24 heavy (non-hydrogen) atoms. The lowest BCUT2D eigenvalue weighted by Crippen LogP contribution is -2.50. The lowest BCUT2D eigenvalue weighted by Gasteiger charge is -2.21. The molecule has 1 aromatic heterocycles. The van der Waals surface area contributed by atoms with Crippen LogP contribution in [0.3, 0.4) is 0 Å². The van der Waals surface area contributed by atoms with Gasteiger partial charge in [0.25, 0.3) is 0 Å². The normalized spacial score (nSPS) is 19.6. The van der Waals surface area contributed by atoms with Gasteiger partial charge in [-0.15, -0.1) is 0 Å². The molecule has 2 rings (SSSR count). The van der Waals surface area contributed by atoms with E-state index in [1.165, 1.54) is 7.11 Å². The average Bonchev–Trinajstić information content (AvgIpc) is 2.99. The van der Waals surface area contributed by atoms with E-state index in [-0.39, 0.29) is 18.1 Å². The van der Waals surface area contributed by atoms with E-state index >= 15 is 0 Å². The first kappa shape index (κ1) is 18.1. The van der Waals surface area contributed by atoms with Gasteiger partial charge >= 0.3 is 5.97 Å². The molecule has 1 saturated carbocycles. The largest absolute Gasteiger partial charge is 0.467 e. The zero-order valence-electron chi connectivity index (χ0n) is 13.7. The molecule has 1 aliphatic carbocycles. The fraction of sp³-hybridized carbons (Fsp3) is 0.529. The van der Waals surface area contributed by atoms with Crippen molar-refractivity contribution in [2.45, 2.75) is 44.2 Å². The van der Waals surface area contributed by atoms with E-state index in [1.807, 2.05) is 6.07 Å². The number of ketones is 1. The molecule has 0 saturated heterocycles. The quantitative estimate of drug-likeness (QED) is 0.697. The number of ether oxygens (including phenoxy) is 1. The summed E-state index contributed by atoms with van der Waals surface area (Å²) in [4.78, 5) is 40.0. The van der Waals surface area contributed by atoms with E-state index in [1.54, 1.807) is 18.5 Å². The van der Waals surface area contributed by atoms with Crippen molar-refractivity contribution in [2.75, 3.05) is 7.11 Å². The summed E-state index contributed by atoms with van der Waals surface area (Å²) in [6.07, 6.45) is 5.96. The number of carbonyl (C=O) groups excluding carboxylic acids is 3. The minimum atomic E-state index is -0.852. The monoisotopic (exact) mass is 333 g/mol. The highest BCUT2D eigenvalue weighted by Crippen LogP contribution is 2.25. The minimum absolute atomic E-state index is 0.137. The second-order valence-electron chi connectivity index (χ2n) is 6.05. The zero-order valence-corrected chi connectivity index (χ0v) is 13.7. The van der Waals surface area contributed by atoms with Gasteiger partial charge < -0.3 is 15.8 Å². The molecule has 0 unspecified atom stereocenters. The highest BCUT2D eigenvalue weighted by molar-refractivity contribution is 5.89. The van der Waals surface area contributed by atoms with Crippen LogP contribution in [0.5, 0.6) is 0 Å². The molecule has 0 radical (unpaired) electrons. The molecule has 1 heterocycles. The summed E-state index contributed by atoms with van der Waals surface area (Å²) in [5, 5.41) is 2.62. The Bertz CT molecular complexity index is 591. The first-order valence-corrected chi connectivity index (χ1v) is 8.06. The number of nitrogens with two attached hydrogens (primary N) is 1. The van der Waals surface area contributed by atoms with Crippen molar-refractivity contribution in [3.8, 4) is 0 Å². The summed E-state index contributed by atoms with van der Waals surface area (Å²) >= 11 is 0. The van der Waals surface area contributed by atoms with Crippen LogP contribution in [0.1, 0.15) is 31.2 Å². The summed E-state index contributed by atoms with van der Waals surface area (Å²) in [6.45, 7) is 0. The third kappa shape index (κ3) is 4.86. The second-order valence-corrected chi connectivity index (χ2v) is 6.05. The van der Waals surface area contributed by atoms with E-state index in [0.717, 1.165) is 18.4 Å². The second kappa shape index (κ2) is 8.54. The molecule has 0 aromatic carbocycles. The van der Waals surface area contributed by atoms with Crippen molar-refractivity contribution in [2.24, 2.45) is 11.7 Å². The molecule has 0 spiro atoms. The Hall–Kier alpha value is -2.28. The molecular weight excluding hydrogens is 310 g/mol. The molecule has 1 aromatic rings. The number of pyridine rings is 1. The van der Waals surface area contributed by atoms with Gasteiger partial charge in [0.2, 0.25) is 5.91 Å². The molecule has 0 bridgehead atoms. The fourth-order valence-electron chi connectivity index (χ4n) is 2.92. The number of carbonyl (C=O) groups is 3. The minimum Gasteiger partial charge on any atom is -0.467 e. The van der Waals surface area contributed by atoms with Gasteiger partial charge in [-0.05, 0) is 37.3 Å². The van der Waals surface area contributed by atoms with Crippen LogP contribution in [0, 0.1) is 5.92 Å². The predicted octanol–water partition coefficient (Wildman–Crippen LogP) is 0.369. The van der Waals surface area contributed by atoms with Crippen molar-refractivity contribution < 1.29 is 19.1 Å². The number of nitrogens with zero attached hydrogens (tertiary/aromatic N) is 1. The van der Waals surface area contributed by atoms with Crippen molar-refractivity contribution in [1.29, 1.82) is 0 Å². The molecule has 0 aliphatic heterocycles. The molecule has 3 atom stereocenters. The number of hydrogen-bond donors (Lipinski definition) is 2. The van der Waals surface area contributed by atoms with Gasteiger partial charge in [0.15, 0.2) is 0 Å². The fourth-order valence-corrected chi connectivity index (χ4v) is 2.92. The van der Waals surface area contributed by atoms with Gasteiger partial charge in [-0.2, -0.15) is 0 Å². The molecule has 7 nitrogen and oxygen atoms in total. The van der Waals surface area contributed by atoms with Gasteiger partial charge in [-0.3, -0.25) is 14.6 Å². The molecule has 130 valence electrons. The van der Waals surface area contributed by atoms with Crippen molar-refractivity contribution in [1.82, 2.24) is 10.3 Å². The lowest BCUT2D eigenvalue weighted by molar-refractivity contribution is -0.145. The number of methoxy groups -OCH3 is 1. The summed E-state index contributed by atoms with van der Waals surface area (Å²) in [7, 11) is 1.26. The molecule has 1 amide bonds. The van der Waals surface area contributed by atoms with Crippen LogP contribution < -0.4 is 11.1 Å². The van der Waals surface area contributed by atoms with E-state index in [2.05, 4.69) is 10.3 Å². The smallest absolute Gasteiger partial charge is 0.328 e. The molecule has 7 heteroatoms. The van der Waals surface area contributed by atoms with E-state index in [4.69, 9.17) is 10.5 Å². The number of rotatable bonds is 7.